The van der Waals surface area contributed by atoms with Gasteiger partial charge in [-0.2, -0.15) is 0 Å². The van der Waals surface area contributed by atoms with Crippen LogP contribution < -0.4 is 0 Å². The van der Waals surface area contributed by atoms with E-state index in [0.29, 0.717) is 0 Å². The van der Waals surface area contributed by atoms with Gasteiger partial charge in [-0.15, -0.1) is 0 Å². The van der Waals surface area contributed by atoms with Crippen LogP contribution in [0, 0.1) is 5.92 Å². The lowest BCUT2D eigenvalue weighted by Gasteiger charge is -2.38. The van der Waals surface area contributed by atoms with E-state index in [-0.39, 0.29) is 0 Å². The van der Waals surface area contributed by atoms with E-state index in [1.165, 1.54) is 45.2 Å². The van der Waals surface area contributed by atoms with Gasteiger partial charge in [0.25, 0.3) is 0 Å². The number of rotatable bonds is 7. The summed E-state index contributed by atoms with van der Waals surface area (Å²) < 4.78 is 5.55. The molecule has 1 aliphatic carbocycles. The van der Waals surface area contributed by atoms with Crippen molar-refractivity contribution in [3.8, 4) is 0 Å². The molecule has 2 rings (SSSR count). The first-order chi connectivity index (χ1) is 9.66. The molecular weight excluding hydrogens is 248 g/mol. The van der Waals surface area contributed by atoms with Crippen LogP contribution in [0.25, 0.3) is 0 Å². The largest absolute Gasteiger partial charge is 0.469 e. The number of nitrogens with zero attached hydrogens (tertiary/aromatic N) is 2. The molecule has 20 heavy (non-hydrogen) atoms. The fourth-order valence-corrected chi connectivity index (χ4v) is 3.50. The predicted octanol–water partition coefficient (Wildman–Crippen LogP) is 3.26. The molecule has 0 saturated heterocycles. The molecule has 1 aromatic rings. The van der Waals surface area contributed by atoms with E-state index < -0.39 is 0 Å². The predicted molar refractivity (Wildman–Crippen MR) is 84.0 cm³/mol. The molecule has 3 heteroatoms. The van der Waals surface area contributed by atoms with Crippen molar-refractivity contribution in [1.82, 2.24) is 9.80 Å². The zero-order valence-corrected chi connectivity index (χ0v) is 13.3. The second-order valence-corrected chi connectivity index (χ2v) is 6.53. The highest BCUT2D eigenvalue weighted by atomic mass is 16.3. The highest BCUT2D eigenvalue weighted by molar-refractivity contribution is 5.01. The van der Waals surface area contributed by atoms with Crippen LogP contribution in [0.3, 0.4) is 0 Å². The minimum Gasteiger partial charge on any atom is -0.469 e. The maximum Gasteiger partial charge on any atom is 0.104 e. The summed E-state index contributed by atoms with van der Waals surface area (Å²) in [6.07, 6.45) is 9.63. The lowest BCUT2D eigenvalue weighted by atomic mass is 9.81. The van der Waals surface area contributed by atoms with Gasteiger partial charge in [-0.25, -0.2) is 0 Å². The molecule has 114 valence electrons. The number of hydrogen-bond acceptors (Lipinski definition) is 3. The SMILES string of the molecule is CN(C)CCCN(C)C1CCCCC1Cc1ccco1. The summed E-state index contributed by atoms with van der Waals surface area (Å²) in [6.45, 7) is 2.39. The van der Waals surface area contributed by atoms with Gasteiger partial charge in [0.2, 0.25) is 0 Å². The van der Waals surface area contributed by atoms with Crippen molar-refractivity contribution in [1.29, 1.82) is 0 Å². The van der Waals surface area contributed by atoms with Crippen LogP contribution in [0.15, 0.2) is 22.8 Å². The molecule has 0 aromatic carbocycles. The Morgan fingerprint density at radius 2 is 1.95 bits per heavy atom. The zero-order valence-electron chi connectivity index (χ0n) is 13.3. The van der Waals surface area contributed by atoms with E-state index in [0.717, 1.165) is 24.1 Å². The Balaban J connectivity index is 1.85. The van der Waals surface area contributed by atoms with Crippen LogP contribution in [0.5, 0.6) is 0 Å². The van der Waals surface area contributed by atoms with Gasteiger partial charge < -0.3 is 14.2 Å². The Hall–Kier alpha value is -0.800. The third kappa shape index (κ3) is 4.64. The molecule has 2 atom stereocenters. The highest BCUT2D eigenvalue weighted by Crippen LogP contribution is 2.30. The van der Waals surface area contributed by atoms with Crippen LogP contribution in [0.4, 0.5) is 0 Å². The van der Waals surface area contributed by atoms with E-state index >= 15 is 0 Å². The zero-order chi connectivity index (χ0) is 14.4. The molecule has 0 N–H and O–H groups in total. The summed E-state index contributed by atoms with van der Waals surface area (Å²) >= 11 is 0. The Bertz CT molecular complexity index is 361. The summed E-state index contributed by atoms with van der Waals surface area (Å²) in [5.41, 5.74) is 0. The lowest BCUT2D eigenvalue weighted by molar-refractivity contribution is 0.122. The van der Waals surface area contributed by atoms with Gasteiger partial charge in [0.1, 0.15) is 5.76 Å². The minimum atomic E-state index is 0.732. The van der Waals surface area contributed by atoms with E-state index in [1.54, 1.807) is 6.26 Å². The molecule has 2 unspecified atom stereocenters. The first-order valence-corrected chi connectivity index (χ1v) is 8.04. The standard InChI is InChI=1S/C17H30N2O/c1-18(2)11-7-12-19(3)17-10-5-4-8-15(17)14-16-9-6-13-20-16/h6,9,13,15,17H,4-5,7-8,10-12,14H2,1-3H3. The third-order valence-corrected chi connectivity index (χ3v) is 4.59. The van der Waals surface area contributed by atoms with Gasteiger partial charge in [-0.3, -0.25) is 0 Å². The van der Waals surface area contributed by atoms with Crippen LogP contribution in [-0.2, 0) is 6.42 Å². The summed E-state index contributed by atoms with van der Waals surface area (Å²) in [5, 5.41) is 0. The molecule has 1 aliphatic rings. The fraction of sp³-hybridized carbons (Fsp3) is 0.765. The third-order valence-electron chi connectivity index (χ3n) is 4.59. The Morgan fingerprint density at radius 3 is 2.65 bits per heavy atom. The van der Waals surface area contributed by atoms with Crippen molar-refractivity contribution in [3.05, 3.63) is 24.2 Å². The Labute approximate surface area is 123 Å². The van der Waals surface area contributed by atoms with E-state index in [4.69, 9.17) is 4.42 Å². The average Bonchev–Trinajstić information content (AvgIpc) is 2.91. The van der Waals surface area contributed by atoms with Gasteiger partial charge in [-0.1, -0.05) is 12.8 Å². The normalized spacial score (nSPS) is 23.6. The maximum absolute atomic E-state index is 5.55. The smallest absolute Gasteiger partial charge is 0.104 e. The summed E-state index contributed by atoms with van der Waals surface area (Å²) in [5.74, 6) is 1.92. The van der Waals surface area contributed by atoms with E-state index in [9.17, 15) is 0 Å². The molecule has 1 saturated carbocycles. The van der Waals surface area contributed by atoms with Gasteiger partial charge in [0.15, 0.2) is 0 Å². The van der Waals surface area contributed by atoms with Crippen molar-refractivity contribution in [2.75, 3.05) is 34.2 Å². The molecule has 0 radical (unpaired) electrons. The molecule has 0 bridgehead atoms. The molecule has 1 fully saturated rings. The molecule has 0 spiro atoms. The van der Waals surface area contributed by atoms with Crippen molar-refractivity contribution >= 4 is 0 Å². The summed E-state index contributed by atoms with van der Waals surface area (Å²) in [6, 6.07) is 4.86. The van der Waals surface area contributed by atoms with Crippen LogP contribution >= 0.6 is 0 Å². The van der Waals surface area contributed by atoms with Crippen LogP contribution in [0.2, 0.25) is 0 Å². The van der Waals surface area contributed by atoms with Gasteiger partial charge in [0.05, 0.1) is 6.26 Å². The monoisotopic (exact) mass is 278 g/mol. The van der Waals surface area contributed by atoms with Crippen molar-refractivity contribution in [3.63, 3.8) is 0 Å². The van der Waals surface area contributed by atoms with Crippen LogP contribution in [-0.4, -0.2) is 50.1 Å². The van der Waals surface area contributed by atoms with Crippen LogP contribution in [0.1, 0.15) is 37.9 Å². The van der Waals surface area contributed by atoms with Gasteiger partial charge >= 0.3 is 0 Å². The first kappa shape index (κ1) is 15.6. The van der Waals surface area contributed by atoms with Crippen molar-refractivity contribution < 1.29 is 4.42 Å². The highest BCUT2D eigenvalue weighted by Gasteiger charge is 2.28. The summed E-state index contributed by atoms with van der Waals surface area (Å²) in [7, 11) is 6.61. The fourth-order valence-electron chi connectivity index (χ4n) is 3.50. The molecule has 0 aliphatic heterocycles. The topological polar surface area (TPSA) is 19.6 Å². The molecule has 1 aromatic heterocycles. The van der Waals surface area contributed by atoms with E-state index in [2.05, 4.69) is 37.0 Å². The number of furan rings is 1. The van der Waals surface area contributed by atoms with Crippen molar-refractivity contribution in [2.45, 2.75) is 44.6 Å². The Morgan fingerprint density at radius 1 is 1.15 bits per heavy atom. The van der Waals surface area contributed by atoms with E-state index in [1.807, 2.05) is 6.07 Å². The summed E-state index contributed by atoms with van der Waals surface area (Å²) in [4.78, 5) is 4.87. The second-order valence-electron chi connectivity index (χ2n) is 6.53. The molecular formula is C17H30N2O. The minimum absolute atomic E-state index is 0.732. The molecule has 1 heterocycles. The second kappa shape index (κ2) is 7.84. The lowest BCUT2D eigenvalue weighted by Crippen LogP contribution is -2.41. The van der Waals surface area contributed by atoms with Crippen molar-refractivity contribution in [2.24, 2.45) is 5.92 Å². The Kier molecular flexibility index (Phi) is 6.11. The average molecular weight is 278 g/mol. The van der Waals surface area contributed by atoms with Gasteiger partial charge in [0, 0.05) is 12.5 Å². The molecule has 3 nitrogen and oxygen atoms in total. The molecule has 0 amide bonds. The quantitative estimate of drug-likeness (QED) is 0.763. The maximum atomic E-state index is 5.55. The van der Waals surface area contributed by atoms with Gasteiger partial charge in [-0.05, 0) is 71.5 Å². The first-order valence-electron chi connectivity index (χ1n) is 8.04. The number of hydrogen-bond donors (Lipinski definition) is 0.